The number of hydrogen-bond donors (Lipinski definition) is 0. The zero-order valence-corrected chi connectivity index (χ0v) is 24.0. The van der Waals surface area contributed by atoms with Crippen molar-refractivity contribution in [2.24, 2.45) is 29.6 Å². The lowest BCUT2D eigenvalue weighted by atomic mass is 9.84. The lowest BCUT2D eigenvalue weighted by molar-refractivity contribution is 0.300. The van der Waals surface area contributed by atoms with Gasteiger partial charge < -0.3 is 0 Å². The van der Waals surface area contributed by atoms with E-state index in [1.807, 2.05) is 0 Å². The molecule has 194 valence electrons. The third-order valence-electron chi connectivity index (χ3n) is 7.81. The maximum Gasteiger partial charge on any atom is -0.0412 e. The maximum absolute atomic E-state index is 2.50. The molecule has 0 saturated heterocycles. The fourth-order valence-electron chi connectivity index (χ4n) is 5.93. The van der Waals surface area contributed by atoms with Crippen molar-refractivity contribution < 1.29 is 0 Å². The van der Waals surface area contributed by atoms with Crippen LogP contribution in [-0.4, -0.2) is 0 Å². The van der Waals surface area contributed by atoms with E-state index in [0.29, 0.717) is 0 Å². The highest BCUT2D eigenvalue weighted by molar-refractivity contribution is 4.66. The third kappa shape index (κ3) is 21.8. The van der Waals surface area contributed by atoms with E-state index in [1.54, 1.807) is 0 Å². The molecular weight excluding hydrogens is 384 g/mol. The molecule has 0 aromatic carbocycles. The predicted octanol–water partition coefficient (Wildman–Crippen LogP) is 12.0. The van der Waals surface area contributed by atoms with E-state index in [0.717, 1.165) is 29.6 Å². The zero-order chi connectivity index (χ0) is 24.0. The minimum absolute atomic E-state index is 0.859. The van der Waals surface area contributed by atoms with Gasteiger partial charge in [-0.1, -0.05) is 164 Å². The lowest BCUT2D eigenvalue weighted by Crippen LogP contribution is -2.09. The van der Waals surface area contributed by atoms with Crippen molar-refractivity contribution in [3.05, 3.63) is 0 Å². The van der Waals surface area contributed by atoms with Gasteiger partial charge in [0, 0.05) is 0 Å². The highest BCUT2D eigenvalue weighted by atomic mass is 14.2. The minimum atomic E-state index is 0.859. The van der Waals surface area contributed by atoms with Crippen molar-refractivity contribution in [1.82, 2.24) is 0 Å². The molecule has 32 heavy (non-hydrogen) atoms. The van der Waals surface area contributed by atoms with Gasteiger partial charge in [0.25, 0.3) is 0 Å². The van der Waals surface area contributed by atoms with Gasteiger partial charge in [0.15, 0.2) is 0 Å². The van der Waals surface area contributed by atoms with Crippen LogP contribution >= 0.6 is 0 Å². The molecule has 0 heterocycles. The fraction of sp³-hybridized carbons (Fsp3) is 1.00. The summed E-state index contributed by atoms with van der Waals surface area (Å²) >= 11 is 0. The molecule has 0 aromatic heterocycles. The van der Waals surface area contributed by atoms with Crippen LogP contribution in [0.5, 0.6) is 0 Å². The normalized spacial score (nSPS) is 15.8. The predicted molar refractivity (Wildman–Crippen MR) is 150 cm³/mol. The Morgan fingerprint density at radius 3 is 1.31 bits per heavy atom. The molecule has 0 saturated carbocycles. The smallest absolute Gasteiger partial charge is 0.0412 e. The Bertz CT molecular complexity index is 357. The molecule has 0 aliphatic carbocycles. The summed E-state index contributed by atoms with van der Waals surface area (Å²) in [5, 5.41) is 0. The molecule has 0 radical (unpaired) electrons. The summed E-state index contributed by atoms with van der Waals surface area (Å²) in [5.74, 6) is 4.68. The Hall–Kier alpha value is 0. The van der Waals surface area contributed by atoms with E-state index in [9.17, 15) is 0 Å². The van der Waals surface area contributed by atoms with Crippen molar-refractivity contribution in [2.75, 3.05) is 0 Å². The fourth-order valence-corrected chi connectivity index (χ4v) is 5.93. The van der Waals surface area contributed by atoms with Crippen LogP contribution in [-0.2, 0) is 0 Å². The highest BCUT2D eigenvalue weighted by Crippen LogP contribution is 2.28. The van der Waals surface area contributed by atoms with E-state index in [-0.39, 0.29) is 0 Å². The topological polar surface area (TPSA) is 0 Å². The minimum Gasteiger partial charge on any atom is -0.0654 e. The molecule has 0 heteroatoms. The van der Waals surface area contributed by atoms with Crippen LogP contribution in [0.3, 0.4) is 0 Å². The molecule has 0 aromatic rings. The Morgan fingerprint density at radius 2 is 0.812 bits per heavy atom. The maximum atomic E-state index is 2.50. The summed E-state index contributed by atoms with van der Waals surface area (Å²) < 4.78 is 0. The summed E-state index contributed by atoms with van der Waals surface area (Å²) in [6.07, 6.45) is 29.1. The second-order valence-corrected chi connectivity index (χ2v) is 12.3. The Morgan fingerprint density at radius 1 is 0.375 bits per heavy atom. The molecule has 0 aliphatic rings. The second-order valence-electron chi connectivity index (χ2n) is 12.3. The number of unbranched alkanes of at least 4 members (excludes halogenated alkanes) is 8. The largest absolute Gasteiger partial charge is 0.0654 e. The summed E-state index contributed by atoms with van der Waals surface area (Å²) in [4.78, 5) is 0. The van der Waals surface area contributed by atoms with Crippen molar-refractivity contribution >= 4 is 0 Å². The molecule has 0 rings (SSSR count). The summed E-state index contributed by atoms with van der Waals surface area (Å²) in [7, 11) is 0. The quantitative estimate of drug-likeness (QED) is 0.128. The first-order valence-corrected chi connectivity index (χ1v) is 15.4. The first kappa shape index (κ1) is 32.0. The summed E-state index contributed by atoms with van der Waals surface area (Å²) in [6, 6.07) is 0. The molecule has 0 nitrogen and oxygen atoms in total. The first-order chi connectivity index (χ1) is 15.4. The van der Waals surface area contributed by atoms with Crippen LogP contribution in [0.1, 0.15) is 177 Å². The van der Waals surface area contributed by atoms with Gasteiger partial charge in [-0.15, -0.1) is 0 Å². The molecule has 0 amide bonds. The Labute approximate surface area is 206 Å². The zero-order valence-electron chi connectivity index (χ0n) is 24.0. The van der Waals surface area contributed by atoms with Gasteiger partial charge >= 0.3 is 0 Å². The lowest BCUT2D eigenvalue weighted by Gasteiger charge is -2.22. The van der Waals surface area contributed by atoms with Gasteiger partial charge in [-0.3, -0.25) is 0 Å². The third-order valence-corrected chi connectivity index (χ3v) is 7.81. The Balaban J connectivity index is 3.74. The van der Waals surface area contributed by atoms with E-state index < -0.39 is 0 Å². The van der Waals surface area contributed by atoms with E-state index >= 15 is 0 Å². The second kappa shape index (κ2) is 22.8. The van der Waals surface area contributed by atoms with E-state index in [1.165, 1.54) is 128 Å². The first-order valence-electron chi connectivity index (χ1n) is 15.4. The molecule has 4 unspecified atom stereocenters. The van der Waals surface area contributed by atoms with Crippen LogP contribution in [0.2, 0.25) is 0 Å². The molecule has 0 N–H and O–H groups in total. The SMILES string of the molecule is CCCCCC(CCCCCCCC(C)CCCCCC(C)CCC)CC(C)CC(C)C. The standard InChI is InChI=1S/C32H66/c1-8-10-15-24-32(27-31(7)26-28(3)4)25-19-13-11-12-16-22-30(6)23-18-14-17-21-29(5)20-9-2/h28-32H,8-27H2,1-7H3. The van der Waals surface area contributed by atoms with Crippen LogP contribution < -0.4 is 0 Å². The summed E-state index contributed by atoms with van der Waals surface area (Å²) in [5.41, 5.74) is 0. The van der Waals surface area contributed by atoms with Gasteiger partial charge in [0.05, 0.1) is 0 Å². The molecular formula is C32H66. The van der Waals surface area contributed by atoms with Gasteiger partial charge in [-0.2, -0.15) is 0 Å². The number of rotatable bonds is 24. The molecule has 0 aliphatic heterocycles. The van der Waals surface area contributed by atoms with Crippen molar-refractivity contribution in [2.45, 2.75) is 177 Å². The van der Waals surface area contributed by atoms with Crippen LogP contribution in [0.4, 0.5) is 0 Å². The molecule has 4 atom stereocenters. The van der Waals surface area contributed by atoms with Crippen molar-refractivity contribution in [3.63, 3.8) is 0 Å². The summed E-state index contributed by atoms with van der Waals surface area (Å²) in [6.45, 7) is 16.9. The van der Waals surface area contributed by atoms with Gasteiger partial charge in [0.2, 0.25) is 0 Å². The molecule has 0 spiro atoms. The average molecular weight is 451 g/mol. The average Bonchev–Trinajstić information content (AvgIpc) is 2.72. The monoisotopic (exact) mass is 451 g/mol. The van der Waals surface area contributed by atoms with Gasteiger partial charge in [-0.05, 0) is 42.4 Å². The van der Waals surface area contributed by atoms with E-state index in [2.05, 4.69) is 48.5 Å². The van der Waals surface area contributed by atoms with E-state index in [4.69, 9.17) is 0 Å². The van der Waals surface area contributed by atoms with Crippen LogP contribution in [0.25, 0.3) is 0 Å². The molecule has 0 bridgehead atoms. The number of hydrogen-bond acceptors (Lipinski definition) is 0. The van der Waals surface area contributed by atoms with Crippen molar-refractivity contribution in [1.29, 1.82) is 0 Å². The van der Waals surface area contributed by atoms with Crippen molar-refractivity contribution in [3.8, 4) is 0 Å². The van der Waals surface area contributed by atoms with Crippen LogP contribution in [0, 0.1) is 29.6 Å². The molecule has 0 fully saturated rings. The van der Waals surface area contributed by atoms with Crippen LogP contribution in [0.15, 0.2) is 0 Å². The van der Waals surface area contributed by atoms with Gasteiger partial charge in [0.1, 0.15) is 0 Å². The van der Waals surface area contributed by atoms with Gasteiger partial charge in [-0.25, -0.2) is 0 Å². The highest BCUT2D eigenvalue weighted by Gasteiger charge is 2.14. The Kier molecular flexibility index (Phi) is 22.8.